The van der Waals surface area contributed by atoms with Crippen molar-refractivity contribution in [1.82, 2.24) is 0 Å². The molecule has 0 fully saturated rings. The summed E-state index contributed by atoms with van der Waals surface area (Å²) in [4.78, 5) is 12.1. The topological polar surface area (TPSA) is 38.3 Å². The molecule has 26 heavy (non-hydrogen) atoms. The van der Waals surface area contributed by atoms with Crippen LogP contribution in [0.3, 0.4) is 0 Å². The lowest BCUT2D eigenvalue weighted by molar-refractivity contribution is -0.115. The third kappa shape index (κ3) is 4.21. The minimum Gasteiger partial charge on any atom is -0.497 e. The molecule has 1 N–H and O–H groups in total. The SMILES string of the molecule is COc1ccc(Cl)c(-c2ccc(NC(=O)Cc3ccccc3F)cc2)c1. The fourth-order valence-electron chi connectivity index (χ4n) is 2.61. The van der Waals surface area contributed by atoms with Crippen LogP contribution < -0.4 is 10.1 Å². The Bertz CT molecular complexity index is 926. The maximum atomic E-state index is 13.6. The Morgan fingerprint density at radius 3 is 2.50 bits per heavy atom. The molecule has 0 unspecified atom stereocenters. The minimum atomic E-state index is -0.384. The maximum Gasteiger partial charge on any atom is 0.228 e. The first-order valence-electron chi connectivity index (χ1n) is 8.04. The third-order valence-electron chi connectivity index (χ3n) is 3.96. The molecule has 3 rings (SSSR count). The summed E-state index contributed by atoms with van der Waals surface area (Å²) in [6, 6.07) is 19.0. The fraction of sp³-hybridized carbons (Fsp3) is 0.0952. The zero-order chi connectivity index (χ0) is 18.5. The van der Waals surface area contributed by atoms with Crippen molar-refractivity contribution in [2.45, 2.75) is 6.42 Å². The highest BCUT2D eigenvalue weighted by Gasteiger charge is 2.09. The van der Waals surface area contributed by atoms with Gasteiger partial charge in [0.1, 0.15) is 11.6 Å². The van der Waals surface area contributed by atoms with Crippen molar-refractivity contribution >= 4 is 23.2 Å². The van der Waals surface area contributed by atoms with Gasteiger partial charge < -0.3 is 10.1 Å². The van der Waals surface area contributed by atoms with E-state index in [4.69, 9.17) is 16.3 Å². The van der Waals surface area contributed by atoms with Gasteiger partial charge in [0.25, 0.3) is 0 Å². The van der Waals surface area contributed by atoms with E-state index in [0.717, 1.165) is 11.1 Å². The average molecular weight is 370 g/mol. The van der Waals surface area contributed by atoms with Crippen molar-refractivity contribution in [3.8, 4) is 16.9 Å². The van der Waals surface area contributed by atoms with Gasteiger partial charge >= 0.3 is 0 Å². The lowest BCUT2D eigenvalue weighted by Gasteiger charge is -2.10. The lowest BCUT2D eigenvalue weighted by atomic mass is 10.0. The van der Waals surface area contributed by atoms with Crippen molar-refractivity contribution < 1.29 is 13.9 Å². The Morgan fingerprint density at radius 1 is 1.08 bits per heavy atom. The molecule has 0 saturated carbocycles. The Kier molecular flexibility index (Phi) is 5.54. The quantitative estimate of drug-likeness (QED) is 0.659. The molecular formula is C21H17ClFNO2. The molecule has 0 radical (unpaired) electrons. The zero-order valence-electron chi connectivity index (χ0n) is 14.1. The van der Waals surface area contributed by atoms with Gasteiger partial charge in [-0.25, -0.2) is 4.39 Å². The third-order valence-corrected chi connectivity index (χ3v) is 4.29. The monoisotopic (exact) mass is 369 g/mol. The van der Waals surface area contributed by atoms with E-state index in [1.807, 2.05) is 18.2 Å². The molecule has 0 heterocycles. The average Bonchev–Trinajstić information content (AvgIpc) is 2.65. The van der Waals surface area contributed by atoms with E-state index >= 15 is 0 Å². The van der Waals surface area contributed by atoms with Crippen LogP contribution in [0.1, 0.15) is 5.56 Å². The van der Waals surface area contributed by atoms with Gasteiger partial charge in [0.2, 0.25) is 5.91 Å². The molecule has 0 aliphatic heterocycles. The van der Waals surface area contributed by atoms with Crippen LogP contribution in [0.5, 0.6) is 5.75 Å². The molecule has 132 valence electrons. The van der Waals surface area contributed by atoms with Gasteiger partial charge in [-0.3, -0.25) is 4.79 Å². The summed E-state index contributed by atoms with van der Waals surface area (Å²) >= 11 is 6.26. The predicted molar refractivity (Wildman–Crippen MR) is 102 cm³/mol. The number of nitrogens with one attached hydrogen (secondary N) is 1. The zero-order valence-corrected chi connectivity index (χ0v) is 14.9. The standard InChI is InChI=1S/C21H17ClFNO2/c1-26-17-10-11-19(22)18(13-17)14-6-8-16(9-7-14)24-21(25)12-15-4-2-3-5-20(15)23/h2-11,13H,12H2,1H3,(H,24,25). The Balaban J connectivity index is 1.72. The molecule has 3 aromatic carbocycles. The summed E-state index contributed by atoms with van der Waals surface area (Å²) in [6.07, 6.45) is -0.0177. The molecule has 0 aromatic heterocycles. The molecule has 3 nitrogen and oxygen atoms in total. The second-order valence-electron chi connectivity index (χ2n) is 5.74. The molecule has 0 aliphatic rings. The largest absolute Gasteiger partial charge is 0.497 e. The summed E-state index contributed by atoms with van der Waals surface area (Å²) < 4.78 is 18.9. The van der Waals surface area contributed by atoms with Crippen LogP contribution in [0.15, 0.2) is 66.7 Å². The highest BCUT2D eigenvalue weighted by Crippen LogP contribution is 2.32. The highest BCUT2D eigenvalue weighted by molar-refractivity contribution is 6.33. The van der Waals surface area contributed by atoms with E-state index in [9.17, 15) is 9.18 Å². The molecule has 5 heteroatoms. The second kappa shape index (κ2) is 8.02. The number of methoxy groups -OCH3 is 1. The van der Waals surface area contributed by atoms with Crippen LogP contribution in [0.4, 0.5) is 10.1 Å². The van der Waals surface area contributed by atoms with Crippen molar-refractivity contribution in [1.29, 1.82) is 0 Å². The number of benzene rings is 3. The number of rotatable bonds is 5. The van der Waals surface area contributed by atoms with Crippen molar-refractivity contribution in [3.63, 3.8) is 0 Å². The van der Waals surface area contributed by atoms with E-state index in [1.54, 1.807) is 49.6 Å². The van der Waals surface area contributed by atoms with Crippen molar-refractivity contribution in [3.05, 3.63) is 83.1 Å². The minimum absolute atomic E-state index is 0.0177. The van der Waals surface area contributed by atoms with Crippen LogP contribution in [-0.2, 0) is 11.2 Å². The predicted octanol–water partition coefficient (Wildman–Crippen LogP) is 5.34. The van der Waals surface area contributed by atoms with E-state index in [-0.39, 0.29) is 18.1 Å². The number of carbonyl (C=O) groups excluding carboxylic acids is 1. The number of ether oxygens (including phenoxy) is 1. The van der Waals surface area contributed by atoms with Crippen molar-refractivity contribution in [2.24, 2.45) is 0 Å². The van der Waals surface area contributed by atoms with Crippen LogP contribution >= 0.6 is 11.6 Å². The van der Waals surface area contributed by atoms with Gasteiger partial charge in [0.15, 0.2) is 0 Å². The van der Waals surface area contributed by atoms with Crippen LogP contribution in [0.25, 0.3) is 11.1 Å². The molecule has 0 bridgehead atoms. The lowest BCUT2D eigenvalue weighted by Crippen LogP contribution is -2.15. The first-order chi connectivity index (χ1) is 12.6. The van der Waals surface area contributed by atoms with E-state index < -0.39 is 0 Å². The second-order valence-corrected chi connectivity index (χ2v) is 6.15. The van der Waals surface area contributed by atoms with Gasteiger partial charge in [-0.15, -0.1) is 0 Å². The normalized spacial score (nSPS) is 10.4. The summed E-state index contributed by atoms with van der Waals surface area (Å²) in [5, 5.41) is 3.38. The number of carbonyl (C=O) groups is 1. The molecule has 0 saturated heterocycles. The van der Waals surface area contributed by atoms with E-state index in [2.05, 4.69) is 5.32 Å². The summed E-state index contributed by atoms with van der Waals surface area (Å²) in [5.74, 6) is 0.0552. The van der Waals surface area contributed by atoms with Crippen LogP contribution in [-0.4, -0.2) is 13.0 Å². The maximum absolute atomic E-state index is 13.6. The Labute approximate surface area is 156 Å². The Hall–Kier alpha value is -2.85. The molecule has 0 spiro atoms. The number of amides is 1. The summed E-state index contributed by atoms with van der Waals surface area (Å²) in [7, 11) is 1.60. The van der Waals surface area contributed by atoms with Crippen LogP contribution in [0.2, 0.25) is 5.02 Å². The first kappa shape index (κ1) is 18.0. The Morgan fingerprint density at radius 2 is 1.81 bits per heavy atom. The molecule has 0 atom stereocenters. The smallest absolute Gasteiger partial charge is 0.228 e. The summed E-state index contributed by atoms with van der Waals surface area (Å²) in [6.45, 7) is 0. The summed E-state index contributed by atoms with van der Waals surface area (Å²) in [5.41, 5.74) is 2.75. The number of hydrogen-bond acceptors (Lipinski definition) is 2. The fourth-order valence-corrected chi connectivity index (χ4v) is 2.83. The number of anilines is 1. The van der Waals surface area contributed by atoms with Gasteiger partial charge in [0.05, 0.1) is 13.5 Å². The molecule has 0 aliphatic carbocycles. The van der Waals surface area contributed by atoms with Gasteiger partial charge in [0, 0.05) is 16.3 Å². The van der Waals surface area contributed by atoms with Crippen LogP contribution in [0, 0.1) is 5.82 Å². The first-order valence-corrected chi connectivity index (χ1v) is 8.42. The van der Waals surface area contributed by atoms with Gasteiger partial charge in [-0.1, -0.05) is 41.9 Å². The molecule has 1 amide bonds. The number of hydrogen-bond donors (Lipinski definition) is 1. The van der Waals surface area contributed by atoms with Gasteiger partial charge in [-0.05, 0) is 47.5 Å². The van der Waals surface area contributed by atoms with E-state index in [1.165, 1.54) is 6.07 Å². The van der Waals surface area contributed by atoms with Gasteiger partial charge in [-0.2, -0.15) is 0 Å². The molecular weight excluding hydrogens is 353 g/mol. The van der Waals surface area contributed by atoms with E-state index in [0.29, 0.717) is 22.0 Å². The highest BCUT2D eigenvalue weighted by atomic mass is 35.5. The molecule has 3 aromatic rings. The van der Waals surface area contributed by atoms with Crippen molar-refractivity contribution in [2.75, 3.05) is 12.4 Å². The number of halogens is 2.